The first-order valence-electron chi connectivity index (χ1n) is 10.6. The van der Waals surface area contributed by atoms with Crippen molar-refractivity contribution in [1.29, 1.82) is 0 Å². The molecule has 1 aromatic carbocycles. The van der Waals surface area contributed by atoms with Crippen LogP contribution in [0, 0.1) is 0 Å². The summed E-state index contributed by atoms with van der Waals surface area (Å²) in [5.74, 6) is -0.399. The van der Waals surface area contributed by atoms with E-state index in [2.05, 4.69) is 18.5 Å². The fourth-order valence-electron chi connectivity index (χ4n) is 2.34. The third kappa shape index (κ3) is 13.0. The van der Waals surface area contributed by atoms with E-state index in [9.17, 15) is 19.5 Å². The van der Waals surface area contributed by atoms with Gasteiger partial charge in [0.25, 0.3) is 0 Å². The Labute approximate surface area is 194 Å². The van der Waals surface area contributed by atoms with Gasteiger partial charge in [0.2, 0.25) is 0 Å². The second-order valence-corrected chi connectivity index (χ2v) is 7.47. The smallest absolute Gasteiger partial charge is 0.407 e. The molecular formula is C24H33NO8. The number of aliphatic hydroxyl groups excluding tert-OH is 1. The molecule has 1 amide bonds. The van der Waals surface area contributed by atoms with Crippen molar-refractivity contribution in [2.24, 2.45) is 0 Å². The first-order valence-corrected chi connectivity index (χ1v) is 10.6. The second kappa shape index (κ2) is 15.5. The number of alkyl carbamates (subject to hydrolysis) is 1. The molecule has 0 aliphatic rings. The van der Waals surface area contributed by atoms with Gasteiger partial charge in [-0.3, -0.25) is 0 Å². The molecule has 1 atom stereocenters. The number of carbonyl (C=O) groups is 3. The topological polar surface area (TPSA) is 120 Å². The highest BCUT2D eigenvalue weighted by molar-refractivity contribution is 5.87. The fraction of sp³-hybridized carbons (Fsp3) is 0.458. The van der Waals surface area contributed by atoms with E-state index in [1.807, 2.05) is 0 Å². The number of hydrogen-bond donors (Lipinski definition) is 2. The lowest BCUT2D eigenvalue weighted by Crippen LogP contribution is -2.31. The summed E-state index contributed by atoms with van der Waals surface area (Å²) in [4.78, 5) is 34.4. The molecule has 0 aliphatic heterocycles. The van der Waals surface area contributed by atoms with Gasteiger partial charge in [0.05, 0.1) is 6.61 Å². The number of unbranched alkanes of at least 4 members (excludes halogenated alkanes) is 2. The molecule has 0 aliphatic carbocycles. The minimum atomic E-state index is -1.01. The Balaban J connectivity index is 2.16. The number of aliphatic hydroxyl groups is 1. The van der Waals surface area contributed by atoms with E-state index in [4.69, 9.17) is 18.9 Å². The van der Waals surface area contributed by atoms with E-state index in [0.29, 0.717) is 42.9 Å². The molecule has 1 unspecified atom stereocenters. The van der Waals surface area contributed by atoms with Crippen molar-refractivity contribution in [1.82, 2.24) is 5.32 Å². The highest BCUT2D eigenvalue weighted by Gasteiger charge is 2.10. The van der Waals surface area contributed by atoms with E-state index in [1.165, 1.54) is 0 Å². The second-order valence-electron chi connectivity index (χ2n) is 7.47. The van der Waals surface area contributed by atoms with Gasteiger partial charge in [-0.2, -0.15) is 0 Å². The first-order chi connectivity index (χ1) is 15.7. The average molecular weight is 464 g/mol. The Kier molecular flexibility index (Phi) is 13.0. The normalized spacial score (nSPS) is 11.1. The third-order valence-electron chi connectivity index (χ3n) is 4.14. The van der Waals surface area contributed by atoms with E-state index in [0.717, 1.165) is 12.0 Å². The Bertz CT molecular complexity index is 820. The Morgan fingerprint density at radius 2 is 1.67 bits per heavy atom. The van der Waals surface area contributed by atoms with Gasteiger partial charge < -0.3 is 29.4 Å². The maximum Gasteiger partial charge on any atom is 0.407 e. The number of ether oxygens (including phenoxy) is 4. The minimum Gasteiger partial charge on any atom is -0.491 e. The Morgan fingerprint density at radius 1 is 0.970 bits per heavy atom. The van der Waals surface area contributed by atoms with Crippen LogP contribution in [0.15, 0.2) is 48.6 Å². The SMILES string of the molecule is C=C(C)C(=O)OCCCCCNC(=O)OCC(O)COc1cccc(COC(=O)C(=C)C)c1. The molecule has 0 aromatic heterocycles. The molecule has 0 radical (unpaired) electrons. The van der Waals surface area contributed by atoms with Gasteiger partial charge in [-0.15, -0.1) is 0 Å². The largest absolute Gasteiger partial charge is 0.491 e. The van der Waals surface area contributed by atoms with Crippen molar-refractivity contribution in [2.45, 2.75) is 45.8 Å². The van der Waals surface area contributed by atoms with Crippen molar-refractivity contribution in [3.63, 3.8) is 0 Å². The molecule has 0 saturated carbocycles. The molecular weight excluding hydrogens is 430 g/mol. The van der Waals surface area contributed by atoms with E-state index in [1.54, 1.807) is 38.1 Å². The van der Waals surface area contributed by atoms with E-state index < -0.39 is 24.1 Å². The molecule has 9 nitrogen and oxygen atoms in total. The summed E-state index contributed by atoms with van der Waals surface area (Å²) in [6.07, 6.45) is 0.506. The number of carbonyl (C=O) groups excluding carboxylic acids is 3. The zero-order chi connectivity index (χ0) is 24.6. The third-order valence-corrected chi connectivity index (χ3v) is 4.14. The van der Waals surface area contributed by atoms with Gasteiger partial charge in [0, 0.05) is 17.7 Å². The van der Waals surface area contributed by atoms with Crippen LogP contribution in [0.3, 0.4) is 0 Å². The van der Waals surface area contributed by atoms with Crippen molar-refractivity contribution >= 4 is 18.0 Å². The number of rotatable bonds is 15. The van der Waals surface area contributed by atoms with Crippen LogP contribution in [0.1, 0.15) is 38.7 Å². The van der Waals surface area contributed by atoms with Crippen LogP contribution in [0.5, 0.6) is 5.75 Å². The standard InChI is InChI=1S/C24H33NO8/c1-17(2)22(27)30-12-7-5-6-11-25-24(29)33-16-20(26)15-31-21-10-8-9-19(13-21)14-32-23(28)18(3)4/h8-10,13,20,26H,1,3,5-7,11-12,14-16H2,2,4H3,(H,25,29). The summed E-state index contributed by atoms with van der Waals surface area (Å²) in [5.41, 5.74) is 1.40. The van der Waals surface area contributed by atoms with Crippen LogP contribution < -0.4 is 10.1 Å². The molecule has 0 bridgehead atoms. The van der Waals surface area contributed by atoms with E-state index in [-0.39, 0.29) is 19.8 Å². The highest BCUT2D eigenvalue weighted by atomic mass is 16.6. The lowest BCUT2D eigenvalue weighted by atomic mass is 10.2. The average Bonchev–Trinajstić information content (AvgIpc) is 2.79. The molecule has 0 spiro atoms. The van der Waals surface area contributed by atoms with Gasteiger partial charge in [0.15, 0.2) is 0 Å². The molecule has 0 heterocycles. The number of esters is 2. The van der Waals surface area contributed by atoms with Crippen LogP contribution in [0.4, 0.5) is 4.79 Å². The lowest BCUT2D eigenvalue weighted by molar-refractivity contribution is -0.140. The van der Waals surface area contributed by atoms with Crippen LogP contribution in [0.25, 0.3) is 0 Å². The summed E-state index contributed by atoms with van der Waals surface area (Å²) in [5, 5.41) is 12.5. The van der Waals surface area contributed by atoms with Gasteiger partial charge >= 0.3 is 18.0 Å². The maximum absolute atomic E-state index is 11.7. The van der Waals surface area contributed by atoms with Crippen LogP contribution >= 0.6 is 0 Å². The van der Waals surface area contributed by atoms with Crippen LogP contribution in [-0.2, 0) is 30.4 Å². The number of hydrogen-bond acceptors (Lipinski definition) is 8. The van der Waals surface area contributed by atoms with Gasteiger partial charge in [0.1, 0.15) is 31.7 Å². The quantitative estimate of drug-likeness (QED) is 0.176. The Hall–Kier alpha value is -3.33. The zero-order valence-corrected chi connectivity index (χ0v) is 19.3. The molecule has 1 aromatic rings. The Morgan fingerprint density at radius 3 is 2.36 bits per heavy atom. The molecule has 1 rings (SSSR count). The summed E-state index contributed by atoms with van der Waals surface area (Å²) < 4.78 is 20.5. The number of nitrogens with one attached hydrogen (secondary N) is 1. The van der Waals surface area contributed by atoms with Crippen molar-refractivity contribution < 1.29 is 38.4 Å². The van der Waals surface area contributed by atoms with Crippen molar-refractivity contribution in [3.05, 3.63) is 54.1 Å². The predicted molar refractivity (Wildman–Crippen MR) is 122 cm³/mol. The predicted octanol–water partition coefficient (Wildman–Crippen LogP) is 3.06. The van der Waals surface area contributed by atoms with Crippen LogP contribution in [0.2, 0.25) is 0 Å². The lowest BCUT2D eigenvalue weighted by Gasteiger charge is -2.14. The monoisotopic (exact) mass is 463 g/mol. The zero-order valence-electron chi connectivity index (χ0n) is 19.3. The summed E-state index contributed by atoms with van der Waals surface area (Å²) >= 11 is 0. The van der Waals surface area contributed by atoms with Gasteiger partial charge in [-0.05, 0) is 50.8 Å². The fourth-order valence-corrected chi connectivity index (χ4v) is 2.34. The molecule has 9 heteroatoms. The summed E-state index contributed by atoms with van der Waals surface area (Å²) in [7, 11) is 0. The van der Waals surface area contributed by atoms with Crippen LogP contribution in [-0.4, -0.2) is 55.6 Å². The minimum absolute atomic E-state index is 0.0778. The van der Waals surface area contributed by atoms with Gasteiger partial charge in [-0.1, -0.05) is 25.3 Å². The molecule has 0 fully saturated rings. The van der Waals surface area contributed by atoms with Gasteiger partial charge in [-0.25, -0.2) is 14.4 Å². The molecule has 182 valence electrons. The maximum atomic E-state index is 11.7. The highest BCUT2D eigenvalue weighted by Crippen LogP contribution is 2.15. The van der Waals surface area contributed by atoms with Crippen molar-refractivity contribution in [2.75, 3.05) is 26.4 Å². The van der Waals surface area contributed by atoms with E-state index >= 15 is 0 Å². The first kappa shape index (κ1) is 27.7. The molecule has 0 saturated heterocycles. The summed E-state index contributed by atoms with van der Waals surface area (Å²) in [6.45, 7) is 10.7. The summed E-state index contributed by atoms with van der Waals surface area (Å²) in [6, 6.07) is 6.90. The molecule has 33 heavy (non-hydrogen) atoms. The molecule has 2 N–H and O–H groups in total. The number of benzene rings is 1. The van der Waals surface area contributed by atoms with Crippen molar-refractivity contribution in [3.8, 4) is 5.75 Å². The number of amides is 1.